The Balaban J connectivity index is 1.65. The van der Waals surface area contributed by atoms with Gasteiger partial charge in [0.05, 0.1) is 44.7 Å². The van der Waals surface area contributed by atoms with E-state index in [0.29, 0.717) is 10.0 Å². The van der Waals surface area contributed by atoms with Crippen molar-refractivity contribution < 1.29 is 0 Å². The van der Waals surface area contributed by atoms with Gasteiger partial charge in [0.2, 0.25) is 0 Å². The number of aryl methyl sites for hydroxylation is 1. The van der Waals surface area contributed by atoms with E-state index in [4.69, 9.17) is 28.2 Å². The van der Waals surface area contributed by atoms with E-state index in [0.717, 1.165) is 53.2 Å². The van der Waals surface area contributed by atoms with Crippen LogP contribution in [-0.2, 0) is 5.54 Å². The summed E-state index contributed by atoms with van der Waals surface area (Å²) in [6, 6.07) is 11.1. The molecule has 1 aliphatic rings. The standard InChI is InChI=1S/C21H19Cl2N6/c1-13-4-5-18(29-24-7-8-25-29)19(10-13)28-9-3-6-21(28,2)20-26-16-11-14(22)15(23)12-17(16)27-20/h4,7-8,10-12H,3,6,9H2,1-2H3,(H,26,27)/t21-/m0/s1. The van der Waals surface area contributed by atoms with Gasteiger partial charge in [-0.05, 0) is 56.5 Å². The normalized spacial score (nSPS) is 19.4. The summed E-state index contributed by atoms with van der Waals surface area (Å²) in [5.74, 6) is 0.893. The lowest BCUT2D eigenvalue weighted by atomic mass is 9.97. The Labute approximate surface area is 178 Å². The molecule has 1 fully saturated rings. The molecule has 0 aliphatic carbocycles. The molecular formula is C21H19Cl2N6. The average Bonchev–Trinajstić information content (AvgIpc) is 3.42. The van der Waals surface area contributed by atoms with Crippen LogP contribution in [0.3, 0.4) is 0 Å². The Morgan fingerprint density at radius 2 is 1.90 bits per heavy atom. The van der Waals surface area contributed by atoms with E-state index in [1.807, 2.05) is 12.1 Å². The molecule has 1 aliphatic heterocycles. The topological polar surface area (TPSA) is 62.6 Å². The van der Waals surface area contributed by atoms with E-state index in [2.05, 4.69) is 46.1 Å². The highest BCUT2D eigenvalue weighted by Crippen LogP contribution is 2.43. The third-order valence-corrected chi connectivity index (χ3v) is 6.35. The minimum absolute atomic E-state index is 0.318. The molecular weight excluding hydrogens is 407 g/mol. The number of hydrogen-bond acceptors (Lipinski definition) is 4. The van der Waals surface area contributed by atoms with Crippen LogP contribution in [-0.4, -0.2) is 31.5 Å². The summed E-state index contributed by atoms with van der Waals surface area (Å²) >= 11 is 12.4. The van der Waals surface area contributed by atoms with Gasteiger partial charge < -0.3 is 9.88 Å². The molecule has 2 aromatic carbocycles. The zero-order valence-corrected chi connectivity index (χ0v) is 17.6. The number of fused-ring (bicyclic) bond motifs is 1. The van der Waals surface area contributed by atoms with E-state index < -0.39 is 0 Å². The molecule has 1 atom stereocenters. The molecule has 29 heavy (non-hydrogen) atoms. The Morgan fingerprint density at radius 3 is 2.69 bits per heavy atom. The number of aromatic nitrogens is 5. The summed E-state index contributed by atoms with van der Waals surface area (Å²) in [5, 5.41) is 9.66. The molecule has 6 nitrogen and oxygen atoms in total. The molecule has 1 N–H and O–H groups in total. The van der Waals surface area contributed by atoms with Gasteiger partial charge in [-0.3, -0.25) is 0 Å². The number of benzene rings is 2. The third kappa shape index (κ3) is 2.98. The lowest BCUT2D eigenvalue weighted by Gasteiger charge is -2.36. The fourth-order valence-corrected chi connectivity index (χ4v) is 4.46. The molecule has 0 spiro atoms. The number of anilines is 1. The number of halogens is 2. The SMILES string of the molecule is Cc1c[c]c(-n2nccn2)c(N2CCC[C@@]2(C)c2nc3cc(Cl)c(Cl)cc3[nH]2)c1. The molecule has 8 heteroatoms. The van der Waals surface area contributed by atoms with E-state index >= 15 is 0 Å². The number of aromatic amines is 1. The van der Waals surface area contributed by atoms with Crippen molar-refractivity contribution in [3.05, 3.63) is 64.2 Å². The van der Waals surface area contributed by atoms with Crippen LogP contribution in [0.4, 0.5) is 5.69 Å². The molecule has 0 bridgehead atoms. The molecule has 5 rings (SSSR count). The van der Waals surface area contributed by atoms with Crippen LogP contribution >= 0.6 is 23.2 Å². The summed E-state index contributed by atoms with van der Waals surface area (Å²) in [5.41, 5.74) is 4.38. The smallest absolute Gasteiger partial charge is 0.132 e. The minimum Gasteiger partial charge on any atom is -0.357 e. The largest absolute Gasteiger partial charge is 0.357 e. The number of H-pyrrole nitrogens is 1. The first-order valence-corrected chi connectivity index (χ1v) is 10.2. The van der Waals surface area contributed by atoms with Crippen molar-refractivity contribution in [3.8, 4) is 5.69 Å². The molecule has 0 unspecified atom stereocenters. The highest BCUT2D eigenvalue weighted by molar-refractivity contribution is 6.42. The van der Waals surface area contributed by atoms with Gasteiger partial charge in [-0.25, -0.2) is 4.98 Å². The second kappa shape index (κ2) is 6.75. The monoisotopic (exact) mass is 425 g/mol. The van der Waals surface area contributed by atoms with Gasteiger partial charge >= 0.3 is 0 Å². The van der Waals surface area contributed by atoms with Gasteiger partial charge in [0.1, 0.15) is 11.5 Å². The third-order valence-electron chi connectivity index (χ3n) is 5.63. The van der Waals surface area contributed by atoms with Crippen LogP contribution < -0.4 is 4.90 Å². The van der Waals surface area contributed by atoms with Crippen LogP contribution in [0.25, 0.3) is 16.7 Å². The number of nitrogens with zero attached hydrogens (tertiary/aromatic N) is 5. The highest BCUT2D eigenvalue weighted by atomic mass is 35.5. The quantitative estimate of drug-likeness (QED) is 0.497. The summed E-state index contributed by atoms with van der Waals surface area (Å²) in [6.45, 7) is 5.18. The summed E-state index contributed by atoms with van der Waals surface area (Å²) in [4.78, 5) is 12.3. The van der Waals surface area contributed by atoms with Crippen LogP contribution in [0.1, 0.15) is 31.2 Å². The van der Waals surface area contributed by atoms with Crippen molar-refractivity contribution in [3.63, 3.8) is 0 Å². The number of imidazole rings is 1. The Morgan fingerprint density at radius 1 is 1.14 bits per heavy atom. The first-order chi connectivity index (χ1) is 14.0. The molecule has 4 aromatic rings. The minimum atomic E-state index is -0.318. The molecule has 147 valence electrons. The molecule has 2 aromatic heterocycles. The van der Waals surface area contributed by atoms with Gasteiger partial charge in [-0.1, -0.05) is 23.2 Å². The maximum absolute atomic E-state index is 6.20. The fourth-order valence-electron chi connectivity index (χ4n) is 4.13. The number of nitrogens with one attached hydrogen (secondary N) is 1. The van der Waals surface area contributed by atoms with Crippen molar-refractivity contribution in [2.75, 3.05) is 11.4 Å². The summed E-state index contributed by atoms with van der Waals surface area (Å²) in [6.07, 6.45) is 5.37. The van der Waals surface area contributed by atoms with Crippen molar-refractivity contribution in [1.82, 2.24) is 25.0 Å². The lowest BCUT2D eigenvalue weighted by molar-refractivity contribution is 0.466. The van der Waals surface area contributed by atoms with Crippen molar-refractivity contribution >= 4 is 39.9 Å². The van der Waals surface area contributed by atoms with E-state index in [1.54, 1.807) is 23.3 Å². The van der Waals surface area contributed by atoms with E-state index in [-0.39, 0.29) is 5.54 Å². The first kappa shape index (κ1) is 18.5. The van der Waals surface area contributed by atoms with Crippen molar-refractivity contribution in [1.29, 1.82) is 0 Å². The first-order valence-electron chi connectivity index (χ1n) is 9.47. The molecule has 0 amide bonds. The van der Waals surface area contributed by atoms with Gasteiger partial charge in [-0.15, -0.1) is 4.80 Å². The van der Waals surface area contributed by atoms with Crippen molar-refractivity contribution in [2.45, 2.75) is 32.2 Å². The van der Waals surface area contributed by atoms with Gasteiger partial charge in [0, 0.05) is 12.6 Å². The number of rotatable bonds is 3. The Hall–Kier alpha value is -2.57. The maximum Gasteiger partial charge on any atom is 0.132 e. The zero-order valence-electron chi connectivity index (χ0n) is 16.1. The second-order valence-electron chi connectivity index (χ2n) is 7.63. The second-order valence-corrected chi connectivity index (χ2v) is 8.44. The van der Waals surface area contributed by atoms with Crippen molar-refractivity contribution in [2.24, 2.45) is 0 Å². The van der Waals surface area contributed by atoms with Crippen LogP contribution in [0.5, 0.6) is 0 Å². The van der Waals surface area contributed by atoms with Gasteiger partial charge in [0.15, 0.2) is 0 Å². The fraction of sp³-hybridized carbons (Fsp3) is 0.286. The Kier molecular flexibility index (Phi) is 4.29. The maximum atomic E-state index is 6.20. The van der Waals surface area contributed by atoms with Crippen LogP contribution in [0.2, 0.25) is 10.0 Å². The molecule has 1 radical (unpaired) electrons. The van der Waals surface area contributed by atoms with Gasteiger partial charge in [0.25, 0.3) is 0 Å². The predicted molar refractivity (Wildman–Crippen MR) is 115 cm³/mol. The molecule has 1 saturated heterocycles. The predicted octanol–water partition coefficient (Wildman–Crippen LogP) is 5.07. The van der Waals surface area contributed by atoms with Crippen LogP contribution in [0.15, 0.2) is 36.7 Å². The van der Waals surface area contributed by atoms with E-state index in [1.165, 1.54) is 0 Å². The Bertz CT molecular complexity index is 1160. The van der Waals surface area contributed by atoms with E-state index in [9.17, 15) is 0 Å². The number of hydrogen-bond donors (Lipinski definition) is 1. The zero-order chi connectivity index (χ0) is 20.2. The molecule has 0 saturated carbocycles. The summed E-state index contributed by atoms with van der Waals surface area (Å²) in [7, 11) is 0. The highest BCUT2D eigenvalue weighted by Gasteiger charge is 2.42. The molecule has 3 heterocycles. The van der Waals surface area contributed by atoms with Crippen LogP contribution in [0, 0.1) is 13.0 Å². The lowest BCUT2D eigenvalue weighted by Crippen LogP contribution is -2.40. The van der Waals surface area contributed by atoms with Gasteiger partial charge in [-0.2, -0.15) is 10.2 Å². The average molecular weight is 426 g/mol. The summed E-state index contributed by atoms with van der Waals surface area (Å²) < 4.78 is 0.